The summed E-state index contributed by atoms with van der Waals surface area (Å²) in [6.07, 6.45) is 5.47. The van der Waals surface area contributed by atoms with Gasteiger partial charge in [-0.25, -0.2) is 17.6 Å². The van der Waals surface area contributed by atoms with Crippen LogP contribution in [-0.2, 0) is 12.8 Å². The maximum absolute atomic E-state index is 15.1. The highest BCUT2D eigenvalue weighted by molar-refractivity contribution is 7.78. The molecule has 0 spiro atoms. The lowest BCUT2D eigenvalue weighted by Gasteiger charge is -2.10. The van der Waals surface area contributed by atoms with E-state index in [1.54, 1.807) is 30.3 Å². The quantitative estimate of drug-likeness (QED) is 0.165. The number of isothiocyanates is 1. The molecule has 0 N–H and O–H groups in total. The van der Waals surface area contributed by atoms with Gasteiger partial charge in [-0.2, -0.15) is 4.99 Å². The topological polar surface area (TPSA) is 12.4 Å². The summed E-state index contributed by atoms with van der Waals surface area (Å²) in [5.41, 5.74) is 2.33. The normalized spacial score (nSPS) is 15.1. The predicted molar refractivity (Wildman–Crippen MR) is 123 cm³/mol. The number of halogens is 4. The molecule has 0 saturated carbocycles. The molecule has 1 aliphatic rings. The van der Waals surface area contributed by atoms with Crippen LogP contribution >= 0.6 is 12.2 Å². The summed E-state index contributed by atoms with van der Waals surface area (Å²) in [6, 6.07) is 10.4. The number of thiocarbonyl (C=S) groups is 1. The molecule has 0 fully saturated rings. The highest BCUT2D eigenvalue weighted by Crippen LogP contribution is 2.37. The molecule has 3 aromatic rings. The number of hydrogen-bond donors (Lipinski definition) is 0. The van der Waals surface area contributed by atoms with Crippen molar-refractivity contribution in [1.82, 2.24) is 0 Å². The van der Waals surface area contributed by atoms with E-state index in [-0.39, 0.29) is 5.56 Å². The molecule has 6 heteroatoms. The van der Waals surface area contributed by atoms with Gasteiger partial charge >= 0.3 is 0 Å². The van der Waals surface area contributed by atoms with Gasteiger partial charge in [0, 0.05) is 0 Å². The molecule has 1 atom stereocenters. The third kappa shape index (κ3) is 4.29. The van der Waals surface area contributed by atoms with Gasteiger partial charge in [-0.05, 0) is 77.0 Å². The number of benzene rings is 3. The monoisotopic (exact) mass is 453 g/mol. The summed E-state index contributed by atoms with van der Waals surface area (Å²) in [5, 5.41) is 1.95. The Morgan fingerprint density at radius 1 is 0.938 bits per heavy atom. The van der Waals surface area contributed by atoms with Gasteiger partial charge in [0.25, 0.3) is 0 Å². The van der Waals surface area contributed by atoms with Gasteiger partial charge in [-0.3, -0.25) is 0 Å². The molecule has 1 nitrogen and oxygen atoms in total. The van der Waals surface area contributed by atoms with E-state index in [0.29, 0.717) is 41.0 Å². The van der Waals surface area contributed by atoms with Crippen LogP contribution in [0.4, 0.5) is 23.2 Å². The molecule has 162 valence electrons. The van der Waals surface area contributed by atoms with Crippen LogP contribution in [0.25, 0.3) is 23.3 Å². The summed E-state index contributed by atoms with van der Waals surface area (Å²) in [4.78, 5) is 3.38. The molecular formula is C26H19F4NS. The first-order valence-corrected chi connectivity index (χ1v) is 10.7. The molecule has 0 heterocycles. The first kappa shape index (κ1) is 22.1. The summed E-state index contributed by atoms with van der Waals surface area (Å²) >= 11 is 4.39. The van der Waals surface area contributed by atoms with Gasteiger partial charge in [-0.15, -0.1) is 0 Å². The van der Waals surface area contributed by atoms with Crippen LogP contribution in [-0.4, -0.2) is 5.16 Å². The van der Waals surface area contributed by atoms with Gasteiger partial charge in [-0.1, -0.05) is 49.8 Å². The fourth-order valence-electron chi connectivity index (χ4n) is 4.12. The zero-order valence-electron chi connectivity index (χ0n) is 17.3. The zero-order valence-corrected chi connectivity index (χ0v) is 18.1. The van der Waals surface area contributed by atoms with Crippen molar-refractivity contribution in [2.75, 3.05) is 0 Å². The summed E-state index contributed by atoms with van der Waals surface area (Å²) in [7, 11) is 0. The van der Waals surface area contributed by atoms with E-state index in [2.05, 4.69) is 24.1 Å². The molecule has 0 aliphatic heterocycles. The van der Waals surface area contributed by atoms with Gasteiger partial charge in [0.1, 0.15) is 17.3 Å². The lowest BCUT2D eigenvalue weighted by Crippen LogP contribution is -1.98. The van der Waals surface area contributed by atoms with Crippen molar-refractivity contribution in [3.8, 4) is 11.1 Å². The van der Waals surface area contributed by atoms with E-state index in [4.69, 9.17) is 0 Å². The van der Waals surface area contributed by atoms with Crippen LogP contribution in [0.15, 0.2) is 47.5 Å². The number of rotatable bonds is 5. The van der Waals surface area contributed by atoms with Crippen LogP contribution in [0, 0.1) is 29.2 Å². The van der Waals surface area contributed by atoms with Gasteiger partial charge < -0.3 is 0 Å². The molecule has 1 unspecified atom stereocenters. The van der Waals surface area contributed by atoms with Crippen molar-refractivity contribution in [2.24, 2.45) is 10.9 Å². The average Bonchev–Trinajstić information content (AvgIpc) is 3.19. The van der Waals surface area contributed by atoms with E-state index in [1.165, 1.54) is 12.1 Å². The Morgan fingerprint density at radius 2 is 1.59 bits per heavy atom. The van der Waals surface area contributed by atoms with Crippen molar-refractivity contribution >= 4 is 35.2 Å². The highest BCUT2D eigenvalue weighted by Gasteiger charge is 2.27. The number of aliphatic imine (C=N–C) groups is 1. The van der Waals surface area contributed by atoms with Crippen LogP contribution < -0.4 is 0 Å². The van der Waals surface area contributed by atoms with Crippen LogP contribution in [0.1, 0.15) is 35.6 Å². The molecule has 0 aromatic heterocycles. The maximum atomic E-state index is 15.1. The Balaban J connectivity index is 1.59. The van der Waals surface area contributed by atoms with Crippen molar-refractivity contribution in [1.29, 1.82) is 0 Å². The third-order valence-electron chi connectivity index (χ3n) is 5.85. The molecule has 1 aliphatic carbocycles. The van der Waals surface area contributed by atoms with E-state index in [0.717, 1.165) is 24.1 Å². The van der Waals surface area contributed by atoms with Gasteiger partial charge in [0.15, 0.2) is 11.6 Å². The molecule has 32 heavy (non-hydrogen) atoms. The Hall–Kier alpha value is -3.08. The van der Waals surface area contributed by atoms with Crippen molar-refractivity contribution in [3.05, 3.63) is 88.0 Å². The Bertz CT molecular complexity index is 1230. The lowest BCUT2D eigenvalue weighted by atomic mass is 9.97. The molecule has 4 rings (SSSR count). The highest BCUT2D eigenvalue weighted by atomic mass is 32.1. The van der Waals surface area contributed by atoms with E-state index in [1.807, 2.05) is 5.16 Å². The smallest absolute Gasteiger partial charge is 0.153 e. The predicted octanol–water partition coefficient (Wildman–Crippen LogP) is 7.94. The van der Waals surface area contributed by atoms with Crippen molar-refractivity contribution in [2.45, 2.75) is 26.2 Å². The van der Waals surface area contributed by atoms with Gasteiger partial charge in [0.05, 0.1) is 10.7 Å². The second kappa shape index (κ2) is 9.19. The van der Waals surface area contributed by atoms with Crippen LogP contribution in [0.2, 0.25) is 0 Å². The molecule has 0 saturated heterocycles. The minimum Gasteiger partial charge on any atom is -0.206 e. The van der Waals surface area contributed by atoms with E-state index < -0.39 is 29.0 Å². The third-order valence-corrected chi connectivity index (χ3v) is 5.95. The fourth-order valence-corrected chi connectivity index (χ4v) is 4.22. The Kier molecular flexibility index (Phi) is 6.35. The van der Waals surface area contributed by atoms with Crippen LogP contribution in [0.5, 0.6) is 0 Å². The molecule has 0 amide bonds. The second-order valence-electron chi connectivity index (χ2n) is 7.86. The number of fused-ring (bicyclic) bond motifs is 1. The molecule has 3 aromatic carbocycles. The standard InChI is InChI=1S/C26H19F4NS/c1-2-15-9-19-13-21(27)24(25(30)20(19)10-15)18-7-5-16(6-8-18)3-4-17-11-22(28)26(31-14-32)23(29)12-17/h3-8,11-13,15H,2,9-10H2,1H3/b4-3+. The second-order valence-corrected chi connectivity index (χ2v) is 8.04. The zero-order chi connectivity index (χ0) is 22.8. The maximum Gasteiger partial charge on any atom is 0.153 e. The lowest BCUT2D eigenvalue weighted by molar-refractivity contribution is 0.531. The van der Waals surface area contributed by atoms with Crippen molar-refractivity contribution < 1.29 is 17.6 Å². The fraction of sp³-hybridized carbons (Fsp3) is 0.192. The van der Waals surface area contributed by atoms with Gasteiger partial charge in [0.2, 0.25) is 0 Å². The molecular weight excluding hydrogens is 434 g/mol. The van der Waals surface area contributed by atoms with E-state index in [9.17, 15) is 13.2 Å². The molecule has 0 bridgehead atoms. The minimum absolute atomic E-state index is 0.0186. The SMILES string of the molecule is CCC1Cc2cc(F)c(-c3ccc(/C=C/c4cc(F)c(N=C=S)c(F)c4)cc3)c(F)c2C1. The van der Waals surface area contributed by atoms with Crippen molar-refractivity contribution in [3.63, 3.8) is 0 Å². The van der Waals surface area contributed by atoms with Crippen LogP contribution in [0.3, 0.4) is 0 Å². The average molecular weight is 454 g/mol. The largest absolute Gasteiger partial charge is 0.206 e. The Labute approximate surface area is 189 Å². The first-order chi connectivity index (χ1) is 15.4. The minimum atomic E-state index is -0.842. The summed E-state index contributed by atoms with van der Waals surface area (Å²) in [6.45, 7) is 2.06. The number of hydrogen-bond acceptors (Lipinski definition) is 2. The van der Waals surface area contributed by atoms with E-state index >= 15 is 4.39 Å². The number of nitrogens with zero attached hydrogens (tertiary/aromatic N) is 1. The first-order valence-electron chi connectivity index (χ1n) is 10.3. The summed E-state index contributed by atoms with van der Waals surface area (Å²) < 4.78 is 57.7. The Morgan fingerprint density at radius 3 is 2.22 bits per heavy atom. The summed E-state index contributed by atoms with van der Waals surface area (Å²) in [5.74, 6) is -2.38. The molecule has 0 radical (unpaired) electrons.